The molecule has 0 radical (unpaired) electrons. The molecular weight excluding hydrogens is 496 g/mol. The number of ether oxygens (including phenoxy) is 1. The molecule has 4 aliphatic rings. The number of carbonyl (C=O) groups is 1. The lowest BCUT2D eigenvalue weighted by atomic mass is 9.65. The molecule has 2 atom stereocenters. The van der Waals surface area contributed by atoms with Gasteiger partial charge in [0.15, 0.2) is 0 Å². The van der Waals surface area contributed by atoms with Crippen LogP contribution < -0.4 is 10.9 Å². The lowest BCUT2D eigenvalue weighted by Gasteiger charge is -2.45. The van der Waals surface area contributed by atoms with Crippen LogP contribution in [-0.4, -0.2) is 59.0 Å². The number of fused-ring (bicyclic) bond motifs is 2. The largest absolute Gasteiger partial charge is 0.378 e. The Morgan fingerprint density at radius 3 is 2.68 bits per heavy atom. The Balaban J connectivity index is 1.28. The molecule has 1 saturated heterocycles. The number of likely N-dealkylation sites (N-methyl/N-ethyl adjacent to an activating group) is 1. The van der Waals surface area contributed by atoms with Gasteiger partial charge in [-0.15, -0.1) is 11.8 Å². The molecule has 7 rings (SSSR count). The highest BCUT2D eigenvalue weighted by atomic mass is 32.2. The highest BCUT2D eigenvalue weighted by molar-refractivity contribution is 7.98. The Morgan fingerprint density at radius 2 is 2.00 bits per heavy atom. The maximum Gasteiger partial charge on any atom is 0.254 e. The molecule has 7 nitrogen and oxygen atoms in total. The highest BCUT2D eigenvalue weighted by Crippen LogP contribution is 2.65. The van der Waals surface area contributed by atoms with Crippen molar-refractivity contribution in [3.05, 3.63) is 63.2 Å². The van der Waals surface area contributed by atoms with Crippen molar-refractivity contribution in [1.82, 2.24) is 19.8 Å². The van der Waals surface area contributed by atoms with E-state index in [1.165, 1.54) is 31.0 Å². The summed E-state index contributed by atoms with van der Waals surface area (Å²) in [5, 5.41) is 4.04. The number of hydrogen-bond donors (Lipinski definition) is 2. The molecular formula is C30H38N4O3S. The van der Waals surface area contributed by atoms with Crippen molar-refractivity contribution in [2.75, 3.05) is 26.5 Å². The van der Waals surface area contributed by atoms with E-state index >= 15 is 0 Å². The number of hydrogen-bond acceptors (Lipinski definition) is 5. The van der Waals surface area contributed by atoms with Gasteiger partial charge in [0.1, 0.15) is 0 Å². The smallest absolute Gasteiger partial charge is 0.254 e. The zero-order chi connectivity index (χ0) is 26.8. The molecule has 0 spiro atoms. The summed E-state index contributed by atoms with van der Waals surface area (Å²) in [6, 6.07) is 11.7. The minimum Gasteiger partial charge on any atom is -0.378 e. The molecule has 1 aliphatic heterocycles. The van der Waals surface area contributed by atoms with Gasteiger partial charge in [-0.3, -0.25) is 14.5 Å². The maximum atomic E-state index is 13.7. The monoisotopic (exact) mass is 534 g/mol. The molecule has 2 N–H and O–H groups in total. The number of nitrogens with zero attached hydrogens (tertiary/aromatic N) is 2. The van der Waals surface area contributed by atoms with E-state index in [-0.39, 0.29) is 23.4 Å². The van der Waals surface area contributed by atoms with Crippen LogP contribution >= 0.6 is 11.8 Å². The van der Waals surface area contributed by atoms with Crippen LogP contribution in [0.2, 0.25) is 0 Å². The maximum absolute atomic E-state index is 13.7. The summed E-state index contributed by atoms with van der Waals surface area (Å²) in [5.41, 5.74) is 4.37. The summed E-state index contributed by atoms with van der Waals surface area (Å²) in [6.45, 7) is 8.21. The average molecular weight is 535 g/mol. The van der Waals surface area contributed by atoms with Crippen LogP contribution in [-0.2, 0) is 11.3 Å². The Hall–Kier alpha value is -2.55. The molecule has 3 aliphatic carbocycles. The van der Waals surface area contributed by atoms with Crippen LogP contribution in [0.4, 0.5) is 0 Å². The molecule has 1 unspecified atom stereocenters. The number of para-hydroxylation sites is 1. The van der Waals surface area contributed by atoms with Gasteiger partial charge in [-0.2, -0.15) is 0 Å². The third-order valence-electron chi connectivity index (χ3n) is 9.75. The minimum absolute atomic E-state index is 0.130. The third kappa shape index (κ3) is 3.95. The Labute approximate surface area is 228 Å². The summed E-state index contributed by atoms with van der Waals surface area (Å²) in [6.07, 6.45) is 5.65. The number of H-pyrrole nitrogens is 1. The van der Waals surface area contributed by atoms with Gasteiger partial charge >= 0.3 is 0 Å². The van der Waals surface area contributed by atoms with Crippen molar-refractivity contribution in [2.24, 2.45) is 11.3 Å². The molecule has 202 valence electrons. The van der Waals surface area contributed by atoms with Gasteiger partial charge in [0.2, 0.25) is 0 Å². The van der Waals surface area contributed by atoms with Crippen molar-refractivity contribution >= 4 is 28.6 Å². The van der Waals surface area contributed by atoms with E-state index < -0.39 is 0 Å². The number of carbonyl (C=O) groups excluding carboxylic acids is 1. The number of pyridine rings is 1. The molecule has 3 heterocycles. The normalized spacial score (nSPS) is 25.4. The summed E-state index contributed by atoms with van der Waals surface area (Å²) in [7, 11) is 2.28. The third-order valence-corrected chi connectivity index (χ3v) is 10.6. The van der Waals surface area contributed by atoms with Crippen LogP contribution in [0, 0.1) is 25.2 Å². The number of nitrogens with one attached hydrogen (secondary N) is 2. The Morgan fingerprint density at radius 1 is 1.26 bits per heavy atom. The van der Waals surface area contributed by atoms with E-state index in [0.717, 1.165) is 46.3 Å². The van der Waals surface area contributed by atoms with Crippen molar-refractivity contribution in [3.63, 3.8) is 0 Å². The lowest BCUT2D eigenvalue weighted by molar-refractivity contribution is -0.0726. The Bertz CT molecular complexity index is 1450. The first-order valence-corrected chi connectivity index (χ1v) is 14.9. The molecule has 2 aromatic heterocycles. The van der Waals surface area contributed by atoms with Crippen LogP contribution in [0.25, 0.3) is 10.9 Å². The summed E-state index contributed by atoms with van der Waals surface area (Å²) in [5.74, 6) is 0.626. The van der Waals surface area contributed by atoms with E-state index in [2.05, 4.69) is 58.9 Å². The zero-order valence-corrected chi connectivity index (χ0v) is 23.8. The fourth-order valence-corrected chi connectivity index (χ4v) is 8.17. The minimum atomic E-state index is -0.143. The predicted molar refractivity (Wildman–Crippen MR) is 152 cm³/mol. The lowest BCUT2D eigenvalue weighted by Crippen LogP contribution is -2.51. The second kappa shape index (κ2) is 9.57. The summed E-state index contributed by atoms with van der Waals surface area (Å²) in [4.78, 5) is 32.6. The second-order valence-electron chi connectivity index (χ2n) is 11.7. The first kappa shape index (κ1) is 25.7. The molecule has 1 aromatic carbocycles. The van der Waals surface area contributed by atoms with Crippen molar-refractivity contribution in [2.45, 2.75) is 69.6 Å². The van der Waals surface area contributed by atoms with E-state index in [1.807, 2.05) is 25.3 Å². The van der Waals surface area contributed by atoms with Gasteiger partial charge in [-0.05, 0) is 76.8 Å². The van der Waals surface area contributed by atoms with Gasteiger partial charge < -0.3 is 19.6 Å². The van der Waals surface area contributed by atoms with E-state index in [9.17, 15) is 9.59 Å². The average Bonchev–Trinajstić information content (AvgIpc) is 3.49. The van der Waals surface area contributed by atoms with Gasteiger partial charge in [0, 0.05) is 51.4 Å². The standard InChI is InChI=1S/C30H38N4O3S/c1-17-10-26(38-5)23(28(35)32-17)14-31-29(36)27-18(2)34(24-9-7-6-8-22(24)27)19(3)30-11-20(12-30)25(13-30)33(4)21-15-37-16-21/h6-10,19-21,25H,11-16H2,1-5H3,(H,31,36)(H,32,35)/t19-,20?,25?,30?/m1/s1. The summed E-state index contributed by atoms with van der Waals surface area (Å²) < 4.78 is 7.88. The fraction of sp³-hybridized carbons (Fsp3) is 0.533. The topological polar surface area (TPSA) is 79.4 Å². The van der Waals surface area contributed by atoms with Crippen LogP contribution in [0.15, 0.2) is 40.0 Å². The molecule has 4 fully saturated rings. The quantitative estimate of drug-likeness (QED) is 0.411. The molecule has 38 heavy (non-hydrogen) atoms. The molecule has 8 heteroatoms. The van der Waals surface area contributed by atoms with Gasteiger partial charge in [0.05, 0.1) is 24.8 Å². The SMILES string of the molecule is CSc1cc(C)[nH]c(=O)c1CNC(=O)c1c(C)n([C@H](C)C23CC(C2)C(N(C)C2COC2)C3)c2ccccc12. The van der Waals surface area contributed by atoms with Gasteiger partial charge in [0.25, 0.3) is 11.5 Å². The number of benzene rings is 1. The molecule has 2 bridgehead atoms. The van der Waals surface area contributed by atoms with Crippen molar-refractivity contribution in [1.29, 1.82) is 0 Å². The van der Waals surface area contributed by atoms with Crippen LogP contribution in [0.5, 0.6) is 0 Å². The number of rotatable bonds is 8. The Kier molecular flexibility index (Phi) is 6.48. The predicted octanol–water partition coefficient (Wildman–Crippen LogP) is 4.66. The zero-order valence-electron chi connectivity index (χ0n) is 23.0. The van der Waals surface area contributed by atoms with Crippen molar-refractivity contribution < 1.29 is 9.53 Å². The van der Waals surface area contributed by atoms with Crippen molar-refractivity contribution in [3.8, 4) is 0 Å². The number of thioether (sulfide) groups is 1. The first-order chi connectivity index (χ1) is 18.2. The fourth-order valence-electron chi connectivity index (χ4n) is 7.47. The summed E-state index contributed by atoms with van der Waals surface area (Å²) >= 11 is 1.53. The van der Waals surface area contributed by atoms with Crippen LogP contribution in [0.1, 0.15) is 59.5 Å². The van der Waals surface area contributed by atoms with E-state index in [0.29, 0.717) is 29.3 Å². The molecule has 1 amide bonds. The van der Waals surface area contributed by atoms with Crippen LogP contribution in [0.3, 0.4) is 0 Å². The highest BCUT2D eigenvalue weighted by Gasteiger charge is 2.60. The number of aromatic nitrogens is 2. The van der Waals surface area contributed by atoms with Gasteiger partial charge in [-0.1, -0.05) is 18.2 Å². The number of aryl methyl sites for hydroxylation is 1. The second-order valence-corrected chi connectivity index (χ2v) is 12.5. The number of amides is 1. The van der Waals surface area contributed by atoms with E-state index in [4.69, 9.17) is 4.74 Å². The first-order valence-electron chi connectivity index (χ1n) is 13.7. The van der Waals surface area contributed by atoms with E-state index in [1.54, 1.807) is 0 Å². The number of aromatic amines is 1. The van der Waals surface area contributed by atoms with Gasteiger partial charge in [-0.25, -0.2) is 0 Å². The molecule has 3 saturated carbocycles. The molecule has 3 aromatic rings.